The van der Waals surface area contributed by atoms with Crippen LogP contribution >= 0.6 is 12.4 Å². The summed E-state index contributed by atoms with van der Waals surface area (Å²) >= 11 is 0. The van der Waals surface area contributed by atoms with Crippen molar-refractivity contribution in [2.24, 2.45) is 5.73 Å². The topological polar surface area (TPSA) is 81.4 Å². The zero-order valence-electron chi connectivity index (χ0n) is 13.5. The molecule has 0 aliphatic heterocycles. The van der Waals surface area contributed by atoms with Crippen molar-refractivity contribution in [2.45, 2.75) is 17.4 Å². The van der Waals surface area contributed by atoms with Crippen LogP contribution in [0.1, 0.15) is 17.2 Å². The van der Waals surface area contributed by atoms with Crippen LogP contribution in [0, 0.1) is 0 Å². The van der Waals surface area contributed by atoms with E-state index in [0.29, 0.717) is 6.61 Å². The van der Waals surface area contributed by atoms with Gasteiger partial charge in [0, 0.05) is 19.7 Å². The lowest BCUT2D eigenvalue weighted by atomic mass is 10.1. The predicted octanol–water partition coefficient (Wildman–Crippen LogP) is 2.28. The summed E-state index contributed by atoms with van der Waals surface area (Å²) in [5.74, 6) is 0. The van der Waals surface area contributed by atoms with E-state index in [0.717, 1.165) is 17.5 Å². The Labute approximate surface area is 149 Å². The molecular formula is C17H23ClN2O3S. The van der Waals surface area contributed by atoms with Gasteiger partial charge in [-0.3, -0.25) is 0 Å². The van der Waals surface area contributed by atoms with Gasteiger partial charge in [-0.1, -0.05) is 42.5 Å². The minimum atomic E-state index is -3.56. The number of hydrogen-bond acceptors (Lipinski definition) is 4. The first kappa shape index (κ1) is 20.6. The Morgan fingerprint density at radius 2 is 1.71 bits per heavy atom. The summed E-state index contributed by atoms with van der Waals surface area (Å²) < 4.78 is 32.2. The average molecular weight is 371 g/mol. The highest BCUT2D eigenvalue weighted by Crippen LogP contribution is 2.13. The molecule has 0 radical (unpaired) electrons. The van der Waals surface area contributed by atoms with Gasteiger partial charge in [-0.05, 0) is 29.7 Å². The molecule has 0 fully saturated rings. The number of nitrogens with two attached hydrogens (primary N) is 1. The van der Waals surface area contributed by atoms with Crippen molar-refractivity contribution in [2.75, 3.05) is 20.3 Å². The van der Waals surface area contributed by atoms with Crippen LogP contribution in [-0.4, -0.2) is 28.7 Å². The molecular weight excluding hydrogens is 348 g/mol. The van der Waals surface area contributed by atoms with Gasteiger partial charge in [-0.25, -0.2) is 13.1 Å². The number of methoxy groups -OCH3 is 1. The molecule has 0 aliphatic carbocycles. The van der Waals surface area contributed by atoms with E-state index < -0.39 is 10.0 Å². The zero-order valence-corrected chi connectivity index (χ0v) is 15.1. The van der Waals surface area contributed by atoms with Crippen LogP contribution in [0.4, 0.5) is 0 Å². The molecule has 0 spiro atoms. The van der Waals surface area contributed by atoms with Gasteiger partial charge >= 0.3 is 0 Å². The Hall–Kier alpha value is -1.44. The number of ether oxygens (including phenoxy) is 1. The lowest BCUT2D eigenvalue weighted by molar-refractivity contribution is 0.202. The zero-order chi connectivity index (χ0) is 16.7. The molecule has 2 aromatic rings. The third kappa shape index (κ3) is 5.89. The van der Waals surface area contributed by atoms with E-state index in [1.807, 2.05) is 30.3 Å². The number of sulfonamides is 1. The lowest BCUT2D eigenvalue weighted by Crippen LogP contribution is -2.31. The highest BCUT2D eigenvalue weighted by Gasteiger charge is 2.15. The number of halogens is 1. The molecule has 1 atom stereocenters. The van der Waals surface area contributed by atoms with Crippen molar-refractivity contribution in [1.82, 2.24) is 4.72 Å². The fraction of sp³-hybridized carbons (Fsp3) is 0.294. The second kappa shape index (κ2) is 9.76. The predicted molar refractivity (Wildman–Crippen MR) is 97.8 cm³/mol. The summed E-state index contributed by atoms with van der Waals surface area (Å²) in [7, 11) is -1.92. The van der Waals surface area contributed by atoms with Gasteiger partial charge in [-0.15, -0.1) is 12.4 Å². The maximum Gasteiger partial charge on any atom is 0.240 e. The highest BCUT2D eigenvalue weighted by molar-refractivity contribution is 7.89. The highest BCUT2D eigenvalue weighted by atomic mass is 35.5. The summed E-state index contributed by atoms with van der Waals surface area (Å²) in [6.45, 7) is 0.758. The van der Waals surface area contributed by atoms with Crippen molar-refractivity contribution >= 4 is 22.4 Å². The van der Waals surface area contributed by atoms with E-state index >= 15 is 0 Å². The van der Waals surface area contributed by atoms with Gasteiger partial charge in [0.2, 0.25) is 10.0 Å². The number of rotatable bonds is 8. The molecule has 0 aliphatic rings. The molecule has 0 bridgehead atoms. The summed E-state index contributed by atoms with van der Waals surface area (Å²) in [4.78, 5) is 0.235. The maximum absolute atomic E-state index is 12.3. The van der Waals surface area contributed by atoms with E-state index in [4.69, 9.17) is 10.5 Å². The Balaban J connectivity index is 0.00000288. The average Bonchev–Trinajstić information content (AvgIpc) is 2.59. The number of hydrogen-bond donors (Lipinski definition) is 2. The molecule has 0 amide bonds. The quantitative estimate of drug-likeness (QED) is 0.746. The number of nitrogens with one attached hydrogen (secondary N) is 1. The maximum atomic E-state index is 12.3. The van der Waals surface area contributed by atoms with Crippen molar-refractivity contribution in [3.63, 3.8) is 0 Å². The summed E-state index contributed by atoms with van der Waals surface area (Å²) in [5.41, 5.74) is 7.95. The number of benzene rings is 2. The monoisotopic (exact) mass is 370 g/mol. The standard InChI is InChI=1S/C17H22N2O3S.ClH/c1-22-12-11-14-7-9-16(10-8-14)23(20,21)19-13-17(18)15-5-3-2-4-6-15;/h2-10,17,19H,11-13,18H2,1H3;1H. The molecule has 24 heavy (non-hydrogen) atoms. The van der Waals surface area contributed by atoms with Crippen LogP contribution in [0.2, 0.25) is 0 Å². The van der Waals surface area contributed by atoms with E-state index in [1.165, 1.54) is 0 Å². The summed E-state index contributed by atoms with van der Waals surface area (Å²) in [6.07, 6.45) is 0.753. The first-order valence-corrected chi connectivity index (χ1v) is 8.89. The first-order valence-electron chi connectivity index (χ1n) is 7.41. The molecule has 1 unspecified atom stereocenters. The molecule has 0 heterocycles. The second-order valence-electron chi connectivity index (χ2n) is 5.26. The minimum absolute atomic E-state index is 0. The van der Waals surface area contributed by atoms with E-state index in [1.54, 1.807) is 31.4 Å². The molecule has 2 rings (SSSR count). The summed E-state index contributed by atoms with van der Waals surface area (Å²) in [6, 6.07) is 15.8. The van der Waals surface area contributed by atoms with E-state index in [9.17, 15) is 8.42 Å². The fourth-order valence-corrected chi connectivity index (χ4v) is 3.22. The van der Waals surface area contributed by atoms with Crippen LogP contribution in [-0.2, 0) is 21.2 Å². The first-order chi connectivity index (χ1) is 11.0. The van der Waals surface area contributed by atoms with Crippen LogP contribution < -0.4 is 10.5 Å². The molecule has 0 aromatic heterocycles. The SMILES string of the molecule is COCCc1ccc(S(=O)(=O)NCC(N)c2ccccc2)cc1.Cl. The molecule has 132 valence electrons. The Bertz CT molecular complexity index is 706. The van der Waals surface area contributed by atoms with Crippen LogP contribution in [0.5, 0.6) is 0 Å². The Morgan fingerprint density at radius 3 is 2.29 bits per heavy atom. The van der Waals surface area contributed by atoms with E-state index in [-0.39, 0.29) is 29.9 Å². The van der Waals surface area contributed by atoms with Crippen LogP contribution in [0.3, 0.4) is 0 Å². The van der Waals surface area contributed by atoms with Crippen LogP contribution in [0.25, 0.3) is 0 Å². The lowest BCUT2D eigenvalue weighted by Gasteiger charge is -2.13. The third-order valence-electron chi connectivity index (χ3n) is 3.55. The normalized spacial score (nSPS) is 12.4. The molecule has 3 N–H and O–H groups in total. The van der Waals surface area contributed by atoms with Crippen molar-refractivity contribution in [1.29, 1.82) is 0 Å². The molecule has 2 aromatic carbocycles. The van der Waals surface area contributed by atoms with E-state index in [2.05, 4.69) is 4.72 Å². The van der Waals surface area contributed by atoms with Gasteiger partial charge in [0.25, 0.3) is 0 Å². The Morgan fingerprint density at radius 1 is 1.08 bits per heavy atom. The minimum Gasteiger partial charge on any atom is -0.384 e. The van der Waals surface area contributed by atoms with Gasteiger partial charge in [-0.2, -0.15) is 0 Å². The van der Waals surface area contributed by atoms with Gasteiger partial charge in [0.15, 0.2) is 0 Å². The molecule has 0 saturated heterocycles. The largest absolute Gasteiger partial charge is 0.384 e. The fourth-order valence-electron chi connectivity index (χ4n) is 2.16. The van der Waals surface area contributed by atoms with Crippen molar-refractivity contribution < 1.29 is 13.2 Å². The van der Waals surface area contributed by atoms with Crippen molar-refractivity contribution in [3.05, 3.63) is 65.7 Å². The summed E-state index contributed by atoms with van der Waals surface area (Å²) in [5, 5.41) is 0. The molecule has 0 saturated carbocycles. The van der Waals surface area contributed by atoms with Gasteiger partial charge in [0.1, 0.15) is 0 Å². The van der Waals surface area contributed by atoms with Crippen molar-refractivity contribution in [3.8, 4) is 0 Å². The Kier molecular flexibility index (Phi) is 8.38. The molecule has 7 heteroatoms. The van der Waals surface area contributed by atoms with Crippen LogP contribution in [0.15, 0.2) is 59.5 Å². The van der Waals surface area contributed by atoms with Gasteiger partial charge < -0.3 is 10.5 Å². The molecule has 5 nitrogen and oxygen atoms in total. The second-order valence-corrected chi connectivity index (χ2v) is 7.02. The smallest absolute Gasteiger partial charge is 0.240 e. The third-order valence-corrected chi connectivity index (χ3v) is 4.99. The van der Waals surface area contributed by atoms with Gasteiger partial charge in [0.05, 0.1) is 11.5 Å².